The van der Waals surface area contributed by atoms with E-state index in [2.05, 4.69) is 15.0 Å². The molecule has 7 heteroatoms. The van der Waals surface area contributed by atoms with Gasteiger partial charge in [0.25, 0.3) is 0 Å². The van der Waals surface area contributed by atoms with Gasteiger partial charge in [0.2, 0.25) is 0 Å². The van der Waals surface area contributed by atoms with Crippen molar-refractivity contribution in [1.29, 1.82) is 0 Å². The van der Waals surface area contributed by atoms with Crippen LogP contribution in [-0.4, -0.2) is 35.4 Å². The Balaban J connectivity index is 1.75. The SMILES string of the molecule is O=Cc1ccc(-c2nc3c(-n4ccnc4)ccc(-n4ccnc4)c3[nH]2)cc1. The Hall–Kier alpha value is -4.00. The zero-order chi connectivity index (χ0) is 18.2. The van der Waals surface area contributed by atoms with E-state index in [9.17, 15) is 4.79 Å². The average molecular weight is 354 g/mol. The fourth-order valence-corrected chi connectivity index (χ4v) is 3.15. The van der Waals surface area contributed by atoms with Crippen LogP contribution in [0.1, 0.15) is 10.4 Å². The van der Waals surface area contributed by atoms with Gasteiger partial charge in [-0.2, -0.15) is 0 Å². The van der Waals surface area contributed by atoms with Crippen LogP contribution in [0.2, 0.25) is 0 Å². The van der Waals surface area contributed by atoms with Crippen LogP contribution in [0.25, 0.3) is 33.8 Å². The third kappa shape index (κ3) is 2.53. The van der Waals surface area contributed by atoms with E-state index in [0.29, 0.717) is 5.56 Å². The summed E-state index contributed by atoms with van der Waals surface area (Å²) in [4.78, 5) is 27.5. The number of aldehydes is 1. The molecule has 0 aliphatic heterocycles. The van der Waals surface area contributed by atoms with Crippen molar-refractivity contribution >= 4 is 17.3 Å². The van der Waals surface area contributed by atoms with Crippen molar-refractivity contribution in [1.82, 2.24) is 29.1 Å². The van der Waals surface area contributed by atoms with Crippen LogP contribution in [0.3, 0.4) is 0 Å². The lowest BCUT2D eigenvalue weighted by Gasteiger charge is -2.08. The van der Waals surface area contributed by atoms with Crippen molar-refractivity contribution in [2.75, 3.05) is 0 Å². The summed E-state index contributed by atoms with van der Waals surface area (Å²) in [5, 5.41) is 0. The molecule has 0 radical (unpaired) electrons. The van der Waals surface area contributed by atoms with E-state index in [-0.39, 0.29) is 0 Å². The molecule has 0 amide bonds. The minimum Gasteiger partial charge on any atom is -0.336 e. The van der Waals surface area contributed by atoms with Gasteiger partial charge in [0.05, 0.1) is 29.5 Å². The highest BCUT2D eigenvalue weighted by Crippen LogP contribution is 2.29. The Morgan fingerprint density at radius 1 is 0.852 bits per heavy atom. The molecule has 5 aromatic rings. The number of H-pyrrole nitrogens is 1. The topological polar surface area (TPSA) is 81.4 Å². The summed E-state index contributed by atoms with van der Waals surface area (Å²) in [6.07, 6.45) is 11.6. The minimum absolute atomic E-state index is 0.632. The first kappa shape index (κ1) is 15.3. The number of aromatic amines is 1. The van der Waals surface area contributed by atoms with Gasteiger partial charge in [0.15, 0.2) is 0 Å². The maximum atomic E-state index is 10.9. The Bertz CT molecular complexity index is 1150. The fraction of sp³-hybridized carbons (Fsp3) is 0. The lowest BCUT2D eigenvalue weighted by molar-refractivity contribution is 0.112. The normalized spacial score (nSPS) is 11.1. The van der Waals surface area contributed by atoms with Crippen molar-refractivity contribution in [2.24, 2.45) is 0 Å². The molecule has 7 nitrogen and oxygen atoms in total. The van der Waals surface area contributed by atoms with Gasteiger partial charge in [-0.25, -0.2) is 15.0 Å². The predicted molar refractivity (Wildman–Crippen MR) is 101 cm³/mol. The number of fused-ring (bicyclic) bond motifs is 1. The lowest BCUT2D eigenvalue weighted by Crippen LogP contribution is -1.96. The third-order valence-electron chi connectivity index (χ3n) is 4.49. The summed E-state index contributed by atoms with van der Waals surface area (Å²) in [6.45, 7) is 0. The number of imidazole rings is 3. The maximum absolute atomic E-state index is 10.9. The molecule has 0 atom stereocenters. The molecule has 27 heavy (non-hydrogen) atoms. The van der Waals surface area contributed by atoms with Gasteiger partial charge in [0, 0.05) is 35.9 Å². The van der Waals surface area contributed by atoms with Crippen molar-refractivity contribution in [2.45, 2.75) is 0 Å². The summed E-state index contributed by atoms with van der Waals surface area (Å²) in [5.74, 6) is 0.733. The summed E-state index contributed by atoms with van der Waals surface area (Å²) in [6, 6.07) is 11.4. The van der Waals surface area contributed by atoms with Crippen LogP contribution in [0, 0.1) is 0 Å². The molecule has 0 spiro atoms. The number of carbonyl (C=O) groups excluding carboxylic acids is 1. The Kier molecular flexibility index (Phi) is 3.43. The van der Waals surface area contributed by atoms with E-state index < -0.39 is 0 Å². The first-order valence-electron chi connectivity index (χ1n) is 8.38. The van der Waals surface area contributed by atoms with E-state index in [4.69, 9.17) is 4.98 Å². The molecule has 0 fully saturated rings. The molecule has 130 valence electrons. The molecule has 3 aromatic heterocycles. The second-order valence-electron chi connectivity index (χ2n) is 6.09. The first-order chi connectivity index (χ1) is 13.3. The van der Waals surface area contributed by atoms with Crippen LogP contribution in [0.4, 0.5) is 0 Å². The highest BCUT2D eigenvalue weighted by atomic mass is 16.1. The smallest absolute Gasteiger partial charge is 0.150 e. The molecule has 0 aliphatic rings. The highest BCUT2D eigenvalue weighted by Gasteiger charge is 2.15. The quantitative estimate of drug-likeness (QED) is 0.502. The molecule has 5 rings (SSSR count). The van der Waals surface area contributed by atoms with E-state index in [1.165, 1.54) is 0 Å². The molecular formula is C20H14N6O. The number of hydrogen-bond donors (Lipinski definition) is 1. The fourth-order valence-electron chi connectivity index (χ4n) is 3.15. The lowest BCUT2D eigenvalue weighted by atomic mass is 10.1. The van der Waals surface area contributed by atoms with Gasteiger partial charge < -0.3 is 14.1 Å². The van der Waals surface area contributed by atoms with Crippen LogP contribution >= 0.6 is 0 Å². The van der Waals surface area contributed by atoms with Crippen molar-refractivity contribution in [3.05, 3.63) is 79.4 Å². The Morgan fingerprint density at radius 2 is 1.52 bits per heavy atom. The summed E-state index contributed by atoms with van der Waals surface area (Å²) >= 11 is 0. The number of aromatic nitrogens is 6. The summed E-state index contributed by atoms with van der Waals surface area (Å²) in [5.41, 5.74) is 5.15. The molecule has 1 N–H and O–H groups in total. The van der Waals surface area contributed by atoms with E-state index >= 15 is 0 Å². The van der Waals surface area contributed by atoms with Gasteiger partial charge in [0.1, 0.15) is 17.6 Å². The molecule has 3 heterocycles. The van der Waals surface area contributed by atoms with Crippen LogP contribution in [-0.2, 0) is 0 Å². The van der Waals surface area contributed by atoms with Gasteiger partial charge >= 0.3 is 0 Å². The molecular weight excluding hydrogens is 340 g/mol. The number of hydrogen-bond acceptors (Lipinski definition) is 4. The number of rotatable bonds is 4. The van der Waals surface area contributed by atoms with Gasteiger partial charge in [-0.05, 0) is 12.1 Å². The largest absolute Gasteiger partial charge is 0.336 e. The van der Waals surface area contributed by atoms with E-state index in [1.54, 1.807) is 37.2 Å². The van der Waals surface area contributed by atoms with Crippen LogP contribution in [0.5, 0.6) is 0 Å². The highest BCUT2D eigenvalue weighted by molar-refractivity contribution is 5.93. The molecule has 0 unspecified atom stereocenters. The Labute approximate surface area is 154 Å². The first-order valence-corrected chi connectivity index (χ1v) is 8.38. The molecule has 0 saturated heterocycles. The summed E-state index contributed by atoms with van der Waals surface area (Å²) in [7, 11) is 0. The summed E-state index contributed by atoms with van der Waals surface area (Å²) < 4.78 is 3.87. The second-order valence-corrected chi connectivity index (χ2v) is 6.09. The zero-order valence-corrected chi connectivity index (χ0v) is 14.1. The van der Waals surface area contributed by atoms with E-state index in [1.807, 2.05) is 45.8 Å². The van der Waals surface area contributed by atoms with Gasteiger partial charge in [-0.3, -0.25) is 4.79 Å². The Morgan fingerprint density at radius 3 is 2.15 bits per heavy atom. The maximum Gasteiger partial charge on any atom is 0.150 e. The van der Waals surface area contributed by atoms with Crippen LogP contribution < -0.4 is 0 Å². The second kappa shape index (κ2) is 6.06. The van der Waals surface area contributed by atoms with Crippen molar-refractivity contribution in [3.63, 3.8) is 0 Å². The third-order valence-corrected chi connectivity index (χ3v) is 4.49. The molecule has 0 bridgehead atoms. The molecule has 0 aliphatic carbocycles. The number of carbonyl (C=O) groups is 1. The van der Waals surface area contributed by atoms with Crippen molar-refractivity contribution in [3.8, 4) is 22.8 Å². The van der Waals surface area contributed by atoms with Crippen molar-refractivity contribution < 1.29 is 4.79 Å². The standard InChI is InChI=1S/C20H14N6O/c27-11-14-1-3-15(4-2-14)20-23-18-16(25-9-7-21-12-25)5-6-17(19(18)24-20)26-10-8-22-13-26/h1-13H,(H,23,24). The minimum atomic E-state index is 0.632. The predicted octanol–water partition coefficient (Wildman–Crippen LogP) is 3.41. The number of nitrogens with one attached hydrogen (secondary N) is 1. The number of benzene rings is 2. The molecule has 2 aromatic carbocycles. The monoisotopic (exact) mass is 354 g/mol. The average Bonchev–Trinajstić information content (AvgIpc) is 3.48. The van der Waals surface area contributed by atoms with E-state index in [0.717, 1.165) is 40.1 Å². The molecule has 0 saturated carbocycles. The van der Waals surface area contributed by atoms with Gasteiger partial charge in [-0.15, -0.1) is 0 Å². The van der Waals surface area contributed by atoms with Crippen LogP contribution in [0.15, 0.2) is 73.8 Å². The number of nitrogens with zero attached hydrogens (tertiary/aromatic N) is 5. The van der Waals surface area contributed by atoms with Gasteiger partial charge in [-0.1, -0.05) is 24.3 Å². The zero-order valence-electron chi connectivity index (χ0n) is 14.1.